The molecule has 3 rings (SSSR count). The molecule has 0 unspecified atom stereocenters. The molecule has 0 heterocycles. The zero-order valence-corrected chi connectivity index (χ0v) is 12.5. The molecular weight excluding hydrogens is 278 g/mol. The van der Waals surface area contributed by atoms with Crippen molar-refractivity contribution in [3.05, 3.63) is 42.0 Å². The van der Waals surface area contributed by atoms with Crippen LogP contribution in [0, 0.1) is 5.92 Å². The number of rotatable bonds is 7. The largest absolute Gasteiger partial charge is 0.507 e. The Bertz CT molecular complexity index is 664. The first kappa shape index (κ1) is 14.9. The Morgan fingerprint density at radius 3 is 2.68 bits per heavy atom. The predicted molar refractivity (Wildman–Crippen MR) is 86.1 cm³/mol. The summed E-state index contributed by atoms with van der Waals surface area (Å²) >= 11 is 0. The third-order valence-electron chi connectivity index (χ3n) is 3.91. The Labute approximate surface area is 130 Å². The van der Waals surface area contributed by atoms with Gasteiger partial charge >= 0.3 is 0 Å². The summed E-state index contributed by atoms with van der Waals surface area (Å²) in [6, 6.07) is 11.0. The fourth-order valence-corrected chi connectivity index (χ4v) is 2.42. The number of amides is 1. The Morgan fingerprint density at radius 2 is 1.95 bits per heavy atom. The average Bonchev–Trinajstić information content (AvgIpc) is 3.34. The lowest BCUT2D eigenvalue weighted by Crippen LogP contribution is -2.25. The van der Waals surface area contributed by atoms with Crippen molar-refractivity contribution < 1.29 is 14.6 Å². The van der Waals surface area contributed by atoms with Crippen LogP contribution in [0.25, 0.3) is 10.8 Å². The SMILES string of the molecule is O=C(NCCCOCC1CC1)c1cc2ccccc2cc1O. The molecule has 0 radical (unpaired) electrons. The van der Waals surface area contributed by atoms with E-state index < -0.39 is 0 Å². The zero-order valence-electron chi connectivity index (χ0n) is 12.5. The second kappa shape index (κ2) is 6.79. The molecule has 22 heavy (non-hydrogen) atoms. The van der Waals surface area contributed by atoms with Gasteiger partial charge in [-0.15, -0.1) is 0 Å². The second-order valence-electron chi connectivity index (χ2n) is 5.84. The predicted octanol–water partition coefficient (Wildman–Crippen LogP) is 3.09. The van der Waals surface area contributed by atoms with Gasteiger partial charge in [0.2, 0.25) is 0 Å². The van der Waals surface area contributed by atoms with Crippen LogP contribution in [0.15, 0.2) is 36.4 Å². The molecule has 1 saturated carbocycles. The van der Waals surface area contributed by atoms with E-state index in [1.165, 1.54) is 12.8 Å². The van der Waals surface area contributed by atoms with Crippen LogP contribution >= 0.6 is 0 Å². The first-order valence-electron chi connectivity index (χ1n) is 7.82. The summed E-state index contributed by atoms with van der Waals surface area (Å²) < 4.78 is 5.53. The quantitative estimate of drug-likeness (QED) is 0.772. The molecule has 2 aromatic carbocycles. The fraction of sp³-hybridized carbons (Fsp3) is 0.389. The maximum Gasteiger partial charge on any atom is 0.255 e. The van der Waals surface area contributed by atoms with Crippen LogP contribution in [-0.4, -0.2) is 30.8 Å². The number of aromatic hydroxyl groups is 1. The Morgan fingerprint density at radius 1 is 1.23 bits per heavy atom. The second-order valence-corrected chi connectivity index (χ2v) is 5.84. The molecule has 116 valence electrons. The molecule has 2 aromatic rings. The molecule has 0 atom stereocenters. The maximum absolute atomic E-state index is 12.1. The van der Waals surface area contributed by atoms with E-state index in [4.69, 9.17) is 4.74 Å². The average molecular weight is 299 g/mol. The highest BCUT2D eigenvalue weighted by Crippen LogP contribution is 2.28. The van der Waals surface area contributed by atoms with Crippen molar-refractivity contribution in [2.45, 2.75) is 19.3 Å². The summed E-state index contributed by atoms with van der Waals surface area (Å²) in [7, 11) is 0. The minimum absolute atomic E-state index is 0.0150. The molecular formula is C18H21NO3. The van der Waals surface area contributed by atoms with Gasteiger partial charge in [-0.05, 0) is 48.1 Å². The number of hydrogen-bond acceptors (Lipinski definition) is 3. The highest BCUT2D eigenvalue weighted by atomic mass is 16.5. The van der Waals surface area contributed by atoms with Crippen molar-refractivity contribution in [2.24, 2.45) is 5.92 Å². The number of phenols is 1. The van der Waals surface area contributed by atoms with Gasteiger partial charge in [0.05, 0.1) is 5.56 Å². The highest BCUT2D eigenvalue weighted by Gasteiger charge is 2.20. The van der Waals surface area contributed by atoms with Gasteiger partial charge in [0.25, 0.3) is 5.91 Å². The lowest BCUT2D eigenvalue weighted by Gasteiger charge is -2.09. The number of fused-ring (bicyclic) bond motifs is 1. The summed E-state index contributed by atoms with van der Waals surface area (Å²) in [5, 5.41) is 14.7. The van der Waals surface area contributed by atoms with Gasteiger partial charge in [0.15, 0.2) is 0 Å². The number of nitrogens with one attached hydrogen (secondary N) is 1. The number of phenolic OH excluding ortho intramolecular Hbond substituents is 1. The summed E-state index contributed by atoms with van der Waals surface area (Å²) in [6.45, 7) is 2.07. The first-order valence-corrected chi connectivity index (χ1v) is 7.82. The monoisotopic (exact) mass is 299 g/mol. The number of carbonyl (C=O) groups is 1. The van der Waals surface area contributed by atoms with Crippen LogP contribution in [0.3, 0.4) is 0 Å². The van der Waals surface area contributed by atoms with Gasteiger partial charge in [-0.25, -0.2) is 0 Å². The van der Waals surface area contributed by atoms with Gasteiger partial charge in [0.1, 0.15) is 5.75 Å². The first-order chi connectivity index (χ1) is 10.7. The van der Waals surface area contributed by atoms with Gasteiger partial charge in [0, 0.05) is 19.8 Å². The number of ether oxygens (including phenoxy) is 1. The highest BCUT2D eigenvalue weighted by molar-refractivity contribution is 6.01. The van der Waals surface area contributed by atoms with Crippen molar-refractivity contribution >= 4 is 16.7 Å². The lowest BCUT2D eigenvalue weighted by atomic mass is 10.1. The third-order valence-corrected chi connectivity index (χ3v) is 3.91. The van der Waals surface area contributed by atoms with E-state index in [-0.39, 0.29) is 11.7 Å². The summed E-state index contributed by atoms with van der Waals surface area (Å²) in [5.41, 5.74) is 0.317. The molecule has 0 saturated heterocycles. The van der Waals surface area contributed by atoms with Gasteiger partial charge < -0.3 is 15.2 Å². The number of carbonyl (C=O) groups excluding carboxylic acids is 1. The van der Waals surface area contributed by atoms with Crippen LogP contribution in [0.4, 0.5) is 0 Å². The minimum Gasteiger partial charge on any atom is -0.507 e. The van der Waals surface area contributed by atoms with E-state index in [1.807, 2.05) is 24.3 Å². The van der Waals surface area contributed by atoms with Crippen molar-refractivity contribution in [3.8, 4) is 5.75 Å². The van der Waals surface area contributed by atoms with Crippen LogP contribution in [-0.2, 0) is 4.74 Å². The van der Waals surface area contributed by atoms with Crippen molar-refractivity contribution in [1.29, 1.82) is 0 Å². The normalized spacial score (nSPS) is 14.2. The minimum atomic E-state index is -0.245. The molecule has 1 amide bonds. The Kier molecular flexibility index (Phi) is 4.59. The summed E-state index contributed by atoms with van der Waals surface area (Å²) in [6.07, 6.45) is 3.36. The number of hydrogen-bond donors (Lipinski definition) is 2. The van der Waals surface area contributed by atoms with Crippen molar-refractivity contribution in [1.82, 2.24) is 5.32 Å². The molecule has 0 spiro atoms. The van der Waals surface area contributed by atoms with Gasteiger partial charge in [-0.1, -0.05) is 24.3 Å². The lowest BCUT2D eigenvalue weighted by molar-refractivity contribution is 0.0935. The standard InChI is InChI=1S/C18H21NO3/c20-17-11-15-5-2-1-4-14(15)10-16(17)18(21)19-8-3-9-22-12-13-6-7-13/h1-2,4-5,10-11,13,20H,3,6-9,12H2,(H,19,21). The van der Waals surface area contributed by atoms with Crippen molar-refractivity contribution in [2.75, 3.05) is 19.8 Å². The van der Waals surface area contributed by atoms with Crippen LogP contribution in [0.5, 0.6) is 5.75 Å². The Hall–Kier alpha value is -2.07. The van der Waals surface area contributed by atoms with Crippen LogP contribution < -0.4 is 5.32 Å². The van der Waals surface area contributed by atoms with E-state index >= 15 is 0 Å². The molecule has 0 bridgehead atoms. The molecule has 4 heteroatoms. The van der Waals surface area contributed by atoms with Gasteiger partial charge in [-0.2, -0.15) is 0 Å². The number of benzene rings is 2. The fourth-order valence-electron chi connectivity index (χ4n) is 2.42. The molecule has 0 aliphatic heterocycles. The molecule has 2 N–H and O–H groups in total. The topological polar surface area (TPSA) is 58.6 Å². The molecule has 4 nitrogen and oxygen atoms in total. The summed E-state index contributed by atoms with van der Waals surface area (Å²) in [4.78, 5) is 12.1. The molecule has 1 aliphatic rings. The van der Waals surface area contributed by atoms with E-state index in [0.717, 1.165) is 29.7 Å². The molecule has 0 aromatic heterocycles. The van der Waals surface area contributed by atoms with E-state index in [0.29, 0.717) is 18.7 Å². The third kappa shape index (κ3) is 3.77. The van der Waals surface area contributed by atoms with Crippen LogP contribution in [0.2, 0.25) is 0 Å². The van der Waals surface area contributed by atoms with E-state index in [1.54, 1.807) is 12.1 Å². The Balaban J connectivity index is 1.51. The maximum atomic E-state index is 12.1. The molecule has 1 fully saturated rings. The van der Waals surface area contributed by atoms with Gasteiger partial charge in [-0.3, -0.25) is 4.79 Å². The molecule has 1 aliphatic carbocycles. The van der Waals surface area contributed by atoms with Crippen LogP contribution in [0.1, 0.15) is 29.6 Å². The smallest absolute Gasteiger partial charge is 0.255 e. The van der Waals surface area contributed by atoms with E-state index in [9.17, 15) is 9.90 Å². The van der Waals surface area contributed by atoms with E-state index in [2.05, 4.69) is 5.32 Å². The zero-order chi connectivity index (χ0) is 15.4. The summed E-state index contributed by atoms with van der Waals surface area (Å²) in [5.74, 6) is 0.538. The van der Waals surface area contributed by atoms with Crippen molar-refractivity contribution in [3.63, 3.8) is 0 Å².